The number of hydrogen-bond acceptors (Lipinski definition) is 4. The maximum atomic E-state index is 13.1. The Bertz CT molecular complexity index is 626. The van der Waals surface area contributed by atoms with Gasteiger partial charge in [-0.05, 0) is 38.0 Å². The standard InChI is InChI=1S/C23H38N4O3/c28-21-7-3-10-25(21)11-4-12-27-18-20(8-9-22(27)29)23(30)26-15-13-24(14-16-26)17-19-5-1-2-6-19/h19-20H,1-18H2/t20-/m0/s1. The zero-order chi connectivity index (χ0) is 20.9. The van der Waals surface area contributed by atoms with Crippen LogP contribution in [0.4, 0.5) is 0 Å². The first-order chi connectivity index (χ1) is 14.6. The fourth-order valence-corrected chi connectivity index (χ4v) is 5.69. The molecule has 3 saturated heterocycles. The third kappa shape index (κ3) is 5.34. The molecule has 0 unspecified atom stereocenters. The van der Waals surface area contributed by atoms with Gasteiger partial charge in [-0.25, -0.2) is 0 Å². The Morgan fingerprint density at radius 3 is 2.20 bits per heavy atom. The molecule has 7 nitrogen and oxygen atoms in total. The van der Waals surface area contributed by atoms with Crippen molar-refractivity contribution in [3.8, 4) is 0 Å². The summed E-state index contributed by atoms with van der Waals surface area (Å²) in [5.41, 5.74) is 0. The van der Waals surface area contributed by atoms with Crippen LogP contribution < -0.4 is 0 Å². The van der Waals surface area contributed by atoms with Crippen molar-refractivity contribution in [3.05, 3.63) is 0 Å². The zero-order valence-electron chi connectivity index (χ0n) is 18.4. The van der Waals surface area contributed by atoms with Crippen molar-refractivity contribution in [2.45, 2.75) is 57.8 Å². The second-order valence-electron chi connectivity index (χ2n) is 9.69. The van der Waals surface area contributed by atoms with Crippen LogP contribution in [0.25, 0.3) is 0 Å². The molecule has 3 heterocycles. The number of amides is 3. The van der Waals surface area contributed by atoms with Gasteiger partial charge in [0.15, 0.2) is 0 Å². The van der Waals surface area contributed by atoms with Crippen LogP contribution in [-0.2, 0) is 14.4 Å². The van der Waals surface area contributed by atoms with E-state index < -0.39 is 0 Å². The lowest BCUT2D eigenvalue weighted by Crippen LogP contribution is -2.53. The van der Waals surface area contributed by atoms with Crippen LogP contribution in [0.15, 0.2) is 0 Å². The number of rotatable bonds is 7. The number of carbonyl (C=O) groups excluding carboxylic acids is 3. The van der Waals surface area contributed by atoms with Gasteiger partial charge in [0.05, 0.1) is 5.92 Å². The van der Waals surface area contributed by atoms with Crippen LogP contribution in [0.3, 0.4) is 0 Å². The lowest BCUT2D eigenvalue weighted by Gasteiger charge is -2.39. The molecule has 4 rings (SSSR count). The van der Waals surface area contributed by atoms with Crippen LogP contribution in [0.2, 0.25) is 0 Å². The minimum Gasteiger partial charge on any atom is -0.343 e. The van der Waals surface area contributed by atoms with Gasteiger partial charge in [0.1, 0.15) is 0 Å². The number of carbonyl (C=O) groups is 3. The number of piperazine rings is 1. The van der Waals surface area contributed by atoms with E-state index in [9.17, 15) is 14.4 Å². The molecule has 1 atom stereocenters. The SMILES string of the molecule is O=C1CCCN1CCCN1C[C@@H](C(=O)N2CCN(CC3CCCC3)CC2)CCC1=O. The zero-order valence-corrected chi connectivity index (χ0v) is 18.4. The average Bonchev–Trinajstić information content (AvgIpc) is 3.41. The van der Waals surface area contributed by atoms with Gasteiger partial charge in [-0.1, -0.05) is 12.8 Å². The lowest BCUT2D eigenvalue weighted by molar-refractivity contribution is -0.144. The largest absolute Gasteiger partial charge is 0.343 e. The molecule has 30 heavy (non-hydrogen) atoms. The van der Waals surface area contributed by atoms with E-state index >= 15 is 0 Å². The molecule has 4 fully saturated rings. The van der Waals surface area contributed by atoms with Crippen molar-refractivity contribution in [1.29, 1.82) is 0 Å². The van der Waals surface area contributed by atoms with E-state index in [2.05, 4.69) is 4.90 Å². The first kappa shape index (κ1) is 21.6. The van der Waals surface area contributed by atoms with Crippen LogP contribution >= 0.6 is 0 Å². The van der Waals surface area contributed by atoms with Gasteiger partial charge in [-0.2, -0.15) is 0 Å². The highest BCUT2D eigenvalue weighted by molar-refractivity contribution is 5.84. The van der Waals surface area contributed by atoms with E-state index in [0.717, 1.165) is 58.0 Å². The van der Waals surface area contributed by atoms with Crippen molar-refractivity contribution in [2.75, 3.05) is 58.9 Å². The smallest absolute Gasteiger partial charge is 0.227 e. The average molecular weight is 419 g/mol. The topological polar surface area (TPSA) is 64.2 Å². The summed E-state index contributed by atoms with van der Waals surface area (Å²) in [7, 11) is 0. The van der Waals surface area contributed by atoms with Gasteiger partial charge in [0, 0.05) is 71.7 Å². The summed E-state index contributed by atoms with van der Waals surface area (Å²) in [6.07, 6.45) is 9.08. The van der Waals surface area contributed by atoms with Crippen molar-refractivity contribution >= 4 is 17.7 Å². The first-order valence-electron chi connectivity index (χ1n) is 12.2. The molecule has 0 aromatic rings. The highest BCUT2D eigenvalue weighted by Gasteiger charge is 2.34. The van der Waals surface area contributed by atoms with Gasteiger partial charge in [0.2, 0.25) is 17.7 Å². The first-order valence-corrected chi connectivity index (χ1v) is 12.2. The number of likely N-dealkylation sites (tertiary alicyclic amines) is 2. The molecular weight excluding hydrogens is 380 g/mol. The minimum absolute atomic E-state index is 0.0579. The number of nitrogens with zero attached hydrogens (tertiary/aromatic N) is 4. The summed E-state index contributed by atoms with van der Waals surface area (Å²) in [5, 5.41) is 0. The molecule has 0 aromatic carbocycles. The molecule has 7 heteroatoms. The van der Waals surface area contributed by atoms with E-state index in [0.29, 0.717) is 32.4 Å². The lowest BCUT2D eigenvalue weighted by atomic mass is 9.95. The Hall–Kier alpha value is -1.63. The van der Waals surface area contributed by atoms with Crippen LogP contribution in [0.1, 0.15) is 57.8 Å². The normalized spacial score (nSPS) is 26.8. The summed E-state index contributed by atoms with van der Waals surface area (Å²) >= 11 is 0. The maximum absolute atomic E-state index is 13.1. The molecule has 3 aliphatic heterocycles. The van der Waals surface area contributed by atoms with Crippen molar-refractivity contribution in [1.82, 2.24) is 19.6 Å². The maximum Gasteiger partial charge on any atom is 0.227 e. The quantitative estimate of drug-likeness (QED) is 0.630. The number of hydrogen-bond donors (Lipinski definition) is 0. The van der Waals surface area contributed by atoms with Crippen molar-refractivity contribution in [2.24, 2.45) is 11.8 Å². The highest BCUT2D eigenvalue weighted by atomic mass is 16.2. The minimum atomic E-state index is -0.0579. The Morgan fingerprint density at radius 2 is 1.50 bits per heavy atom. The number of piperidine rings is 1. The molecule has 0 bridgehead atoms. The summed E-state index contributed by atoms with van der Waals surface area (Å²) in [6.45, 7) is 7.61. The van der Waals surface area contributed by atoms with Gasteiger partial charge in [-0.15, -0.1) is 0 Å². The predicted octanol–water partition coefficient (Wildman–Crippen LogP) is 1.57. The van der Waals surface area contributed by atoms with Crippen LogP contribution in [-0.4, -0.2) is 96.2 Å². The fraction of sp³-hybridized carbons (Fsp3) is 0.870. The summed E-state index contributed by atoms with van der Waals surface area (Å²) in [6, 6.07) is 0. The molecule has 1 aliphatic carbocycles. The van der Waals surface area contributed by atoms with Crippen LogP contribution in [0, 0.1) is 11.8 Å². The molecule has 3 amide bonds. The third-order valence-electron chi connectivity index (χ3n) is 7.55. The Balaban J connectivity index is 1.20. The van der Waals surface area contributed by atoms with Gasteiger partial charge in [0.25, 0.3) is 0 Å². The van der Waals surface area contributed by atoms with E-state index in [1.807, 2.05) is 14.7 Å². The summed E-state index contributed by atoms with van der Waals surface area (Å²) < 4.78 is 0. The monoisotopic (exact) mass is 418 g/mol. The molecule has 0 radical (unpaired) electrons. The Morgan fingerprint density at radius 1 is 0.800 bits per heavy atom. The highest BCUT2D eigenvalue weighted by Crippen LogP contribution is 2.26. The second-order valence-corrected chi connectivity index (χ2v) is 9.69. The van der Waals surface area contributed by atoms with Gasteiger partial charge < -0.3 is 14.7 Å². The van der Waals surface area contributed by atoms with Crippen molar-refractivity contribution in [3.63, 3.8) is 0 Å². The molecule has 0 aromatic heterocycles. The Kier molecular flexibility index (Phi) is 7.28. The second kappa shape index (κ2) is 10.1. The molecule has 0 N–H and O–H groups in total. The predicted molar refractivity (Wildman–Crippen MR) is 115 cm³/mol. The molecule has 4 aliphatic rings. The van der Waals surface area contributed by atoms with Gasteiger partial charge >= 0.3 is 0 Å². The fourth-order valence-electron chi connectivity index (χ4n) is 5.69. The van der Waals surface area contributed by atoms with E-state index in [4.69, 9.17) is 0 Å². The summed E-state index contributed by atoms with van der Waals surface area (Å²) in [5.74, 6) is 1.44. The van der Waals surface area contributed by atoms with E-state index in [1.54, 1.807) is 0 Å². The molecule has 168 valence electrons. The Labute approximate surface area is 180 Å². The molecular formula is C23H38N4O3. The summed E-state index contributed by atoms with van der Waals surface area (Å²) in [4.78, 5) is 45.5. The van der Waals surface area contributed by atoms with Gasteiger partial charge in [-0.3, -0.25) is 19.3 Å². The van der Waals surface area contributed by atoms with E-state index in [1.165, 1.54) is 32.2 Å². The van der Waals surface area contributed by atoms with Crippen molar-refractivity contribution < 1.29 is 14.4 Å². The van der Waals surface area contributed by atoms with E-state index in [-0.39, 0.29) is 23.6 Å². The molecule has 0 spiro atoms. The van der Waals surface area contributed by atoms with Crippen LogP contribution in [0.5, 0.6) is 0 Å². The third-order valence-corrected chi connectivity index (χ3v) is 7.55. The molecule has 1 saturated carbocycles.